The Labute approximate surface area is 197 Å². The second-order valence-corrected chi connectivity index (χ2v) is 7.64. The number of alkyl halides is 3. The lowest BCUT2D eigenvalue weighted by Crippen LogP contribution is -2.12. The van der Waals surface area contributed by atoms with E-state index in [1.807, 2.05) is 0 Å². The molecule has 0 amide bonds. The molecule has 0 spiro atoms. The van der Waals surface area contributed by atoms with Gasteiger partial charge in [-0.05, 0) is 49.4 Å². The van der Waals surface area contributed by atoms with Gasteiger partial charge in [-0.25, -0.2) is 9.48 Å². The van der Waals surface area contributed by atoms with E-state index in [-0.39, 0.29) is 28.6 Å². The zero-order valence-corrected chi connectivity index (χ0v) is 18.8. The van der Waals surface area contributed by atoms with Gasteiger partial charge in [-0.15, -0.1) is 0 Å². The number of aliphatic hydroxyl groups excluding tert-OH is 1. The maximum atomic E-state index is 12.5. The third-order valence-corrected chi connectivity index (χ3v) is 5.07. The molecule has 0 saturated carbocycles. The van der Waals surface area contributed by atoms with Gasteiger partial charge >= 0.3 is 12.1 Å². The minimum absolute atomic E-state index is 0.0918. The molecule has 0 saturated heterocycles. The second-order valence-electron chi connectivity index (χ2n) is 6.80. The van der Waals surface area contributed by atoms with E-state index in [1.54, 1.807) is 31.2 Å². The van der Waals surface area contributed by atoms with Crippen molar-refractivity contribution in [3.63, 3.8) is 0 Å². The van der Waals surface area contributed by atoms with Crippen molar-refractivity contribution in [1.29, 1.82) is 0 Å². The first-order chi connectivity index (χ1) is 15.6. The van der Waals surface area contributed by atoms with Gasteiger partial charge in [0, 0.05) is 16.1 Å². The molecule has 0 unspecified atom stereocenters. The Balaban J connectivity index is 2.06. The van der Waals surface area contributed by atoms with Crippen molar-refractivity contribution in [2.45, 2.75) is 26.1 Å². The summed E-state index contributed by atoms with van der Waals surface area (Å²) in [6.07, 6.45) is -5.39. The number of carbonyl (C=O) groups excluding carboxylic acids is 1. The van der Waals surface area contributed by atoms with Gasteiger partial charge in [-0.2, -0.15) is 18.3 Å². The highest BCUT2D eigenvalue weighted by atomic mass is 35.5. The number of hydrogen-bond acceptors (Lipinski definition) is 5. The summed E-state index contributed by atoms with van der Waals surface area (Å²) in [5, 5.41) is 15.0. The van der Waals surface area contributed by atoms with Gasteiger partial charge in [0.25, 0.3) is 0 Å². The van der Waals surface area contributed by atoms with E-state index in [4.69, 9.17) is 32.7 Å². The van der Waals surface area contributed by atoms with Gasteiger partial charge in [0.15, 0.2) is 5.69 Å². The SMILES string of the molecule is CCOC(=O)c1nn(-c2ccc(Cl)cc2Cl)c(-c2ccc(OCCC(F)(F)F)cc2)c1CO. The number of rotatable bonds is 8. The van der Waals surface area contributed by atoms with Gasteiger partial charge < -0.3 is 14.6 Å². The summed E-state index contributed by atoms with van der Waals surface area (Å²) < 4.78 is 48.6. The largest absolute Gasteiger partial charge is 0.493 e. The first-order valence-electron chi connectivity index (χ1n) is 9.80. The zero-order valence-electron chi connectivity index (χ0n) is 17.3. The number of aromatic nitrogens is 2. The lowest BCUT2D eigenvalue weighted by molar-refractivity contribution is -0.139. The molecule has 1 heterocycles. The minimum atomic E-state index is -4.32. The predicted molar refractivity (Wildman–Crippen MR) is 117 cm³/mol. The molecule has 0 bridgehead atoms. The van der Waals surface area contributed by atoms with Gasteiger partial charge in [0.1, 0.15) is 5.75 Å². The lowest BCUT2D eigenvalue weighted by atomic mass is 10.1. The van der Waals surface area contributed by atoms with Crippen molar-refractivity contribution < 1.29 is 32.5 Å². The van der Waals surface area contributed by atoms with Crippen LogP contribution in [0.2, 0.25) is 10.0 Å². The Morgan fingerprint density at radius 3 is 2.42 bits per heavy atom. The highest BCUT2D eigenvalue weighted by molar-refractivity contribution is 6.35. The van der Waals surface area contributed by atoms with Gasteiger partial charge in [-0.1, -0.05) is 23.2 Å². The summed E-state index contributed by atoms with van der Waals surface area (Å²) in [7, 11) is 0. The van der Waals surface area contributed by atoms with Gasteiger partial charge in [0.05, 0.1) is 42.6 Å². The minimum Gasteiger partial charge on any atom is -0.493 e. The average Bonchev–Trinajstić information content (AvgIpc) is 3.13. The van der Waals surface area contributed by atoms with Crippen molar-refractivity contribution in [1.82, 2.24) is 9.78 Å². The van der Waals surface area contributed by atoms with E-state index < -0.39 is 31.8 Å². The molecule has 0 atom stereocenters. The normalized spacial score (nSPS) is 11.5. The number of carbonyl (C=O) groups is 1. The van der Waals surface area contributed by atoms with E-state index in [0.717, 1.165) is 0 Å². The number of hydrogen-bond donors (Lipinski definition) is 1. The summed E-state index contributed by atoms with van der Waals surface area (Å²) in [6, 6.07) is 10.8. The predicted octanol–water partition coefficient (Wildman–Crippen LogP) is 5.85. The Morgan fingerprint density at radius 2 is 1.85 bits per heavy atom. The summed E-state index contributed by atoms with van der Waals surface area (Å²) in [5.41, 5.74) is 1.37. The van der Waals surface area contributed by atoms with E-state index in [2.05, 4.69) is 5.10 Å². The third-order valence-electron chi connectivity index (χ3n) is 4.53. The molecule has 176 valence electrons. The highest BCUT2D eigenvalue weighted by Crippen LogP contribution is 2.34. The van der Waals surface area contributed by atoms with E-state index >= 15 is 0 Å². The molecule has 1 N–H and O–H groups in total. The van der Waals surface area contributed by atoms with Crippen LogP contribution in [0.3, 0.4) is 0 Å². The molecule has 0 fully saturated rings. The second kappa shape index (κ2) is 10.5. The Bertz CT molecular complexity index is 1130. The van der Waals surface area contributed by atoms with E-state index in [0.29, 0.717) is 22.0 Å². The fourth-order valence-corrected chi connectivity index (χ4v) is 3.57. The molecule has 0 aliphatic rings. The third kappa shape index (κ3) is 5.98. The van der Waals surface area contributed by atoms with Crippen molar-refractivity contribution >= 4 is 29.2 Å². The van der Waals surface area contributed by atoms with Crippen LogP contribution in [0.15, 0.2) is 42.5 Å². The fraction of sp³-hybridized carbons (Fsp3) is 0.273. The highest BCUT2D eigenvalue weighted by Gasteiger charge is 2.27. The quantitative estimate of drug-likeness (QED) is 0.391. The number of benzene rings is 2. The van der Waals surface area contributed by atoms with Crippen LogP contribution in [0, 0.1) is 0 Å². The van der Waals surface area contributed by atoms with Crippen LogP contribution in [-0.2, 0) is 11.3 Å². The van der Waals surface area contributed by atoms with Crippen molar-refractivity contribution in [3.8, 4) is 22.7 Å². The Hall–Kier alpha value is -2.75. The molecule has 6 nitrogen and oxygen atoms in total. The standard InChI is InChI=1S/C22H19Cl2F3N2O4/c1-2-32-21(31)19-16(12-30)20(29(28-19)18-8-5-14(23)11-17(18)24)13-3-6-15(7-4-13)33-10-9-22(25,26)27/h3-8,11,30H,2,9-10,12H2,1H3. The molecule has 33 heavy (non-hydrogen) atoms. The van der Waals surface area contributed by atoms with E-state index in [9.17, 15) is 23.1 Å². The molecular weight excluding hydrogens is 484 g/mol. The topological polar surface area (TPSA) is 73.6 Å². The van der Waals surface area contributed by atoms with Crippen molar-refractivity contribution in [2.24, 2.45) is 0 Å². The number of nitrogens with zero attached hydrogens (tertiary/aromatic N) is 2. The molecule has 0 aliphatic carbocycles. The monoisotopic (exact) mass is 502 g/mol. The molecule has 2 aromatic carbocycles. The Kier molecular flexibility index (Phi) is 7.88. The molecule has 3 rings (SSSR count). The first-order valence-corrected chi connectivity index (χ1v) is 10.6. The van der Waals surface area contributed by atoms with Gasteiger partial charge in [-0.3, -0.25) is 0 Å². The van der Waals surface area contributed by atoms with Crippen LogP contribution in [0.5, 0.6) is 5.75 Å². The van der Waals surface area contributed by atoms with Crippen LogP contribution in [0.1, 0.15) is 29.4 Å². The number of ether oxygens (including phenoxy) is 2. The fourth-order valence-electron chi connectivity index (χ4n) is 3.08. The molecular formula is C22H19Cl2F3N2O4. The molecule has 0 radical (unpaired) electrons. The van der Waals surface area contributed by atoms with Crippen LogP contribution in [0.4, 0.5) is 13.2 Å². The summed E-state index contributed by atoms with van der Waals surface area (Å²) in [6.45, 7) is 0.703. The lowest BCUT2D eigenvalue weighted by Gasteiger charge is -2.12. The number of aliphatic hydroxyl groups is 1. The molecule has 1 aromatic heterocycles. The van der Waals surface area contributed by atoms with Crippen molar-refractivity contribution in [2.75, 3.05) is 13.2 Å². The summed E-state index contributed by atoms with van der Waals surface area (Å²) >= 11 is 12.3. The Morgan fingerprint density at radius 1 is 1.15 bits per heavy atom. The van der Waals surface area contributed by atoms with Gasteiger partial charge in [0.2, 0.25) is 0 Å². The van der Waals surface area contributed by atoms with Crippen LogP contribution in [0.25, 0.3) is 16.9 Å². The summed E-state index contributed by atoms with van der Waals surface area (Å²) in [5.74, 6) is -0.492. The maximum Gasteiger partial charge on any atom is 0.392 e. The van der Waals surface area contributed by atoms with Crippen LogP contribution >= 0.6 is 23.2 Å². The number of esters is 1. The average molecular weight is 503 g/mol. The van der Waals surface area contributed by atoms with Crippen LogP contribution < -0.4 is 4.74 Å². The van der Waals surface area contributed by atoms with Crippen LogP contribution in [-0.4, -0.2) is 40.2 Å². The smallest absolute Gasteiger partial charge is 0.392 e. The number of halogens is 5. The molecule has 0 aliphatic heterocycles. The summed E-state index contributed by atoms with van der Waals surface area (Å²) in [4.78, 5) is 12.5. The van der Waals surface area contributed by atoms with E-state index in [1.165, 1.54) is 22.9 Å². The van der Waals surface area contributed by atoms with Crippen molar-refractivity contribution in [3.05, 3.63) is 63.8 Å². The molecule has 11 heteroatoms. The first kappa shape index (κ1) is 24.9. The zero-order chi connectivity index (χ0) is 24.2. The maximum absolute atomic E-state index is 12.5. The molecule has 3 aromatic rings.